The molecule has 3 rings (SSSR count). The number of nitrogen functional groups attached to an aromatic ring is 1. The Hall–Kier alpha value is -3.02. The van der Waals surface area contributed by atoms with E-state index in [0.29, 0.717) is 17.2 Å². The highest BCUT2D eigenvalue weighted by atomic mass is 16.5. The van der Waals surface area contributed by atoms with Gasteiger partial charge in [0.05, 0.1) is 19.8 Å². The zero-order chi connectivity index (χ0) is 15.5. The van der Waals surface area contributed by atoms with E-state index in [2.05, 4.69) is 10.1 Å². The molecule has 0 fully saturated rings. The number of aromatic nitrogens is 2. The molecule has 0 radical (unpaired) electrons. The largest absolute Gasteiger partial charge is 0.493 e. The van der Waals surface area contributed by atoms with Gasteiger partial charge in [0.25, 0.3) is 0 Å². The third-order valence-corrected chi connectivity index (χ3v) is 3.34. The van der Waals surface area contributed by atoms with E-state index in [0.717, 1.165) is 16.7 Å². The summed E-state index contributed by atoms with van der Waals surface area (Å²) in [6, 6.07) is 9.24. The van der Waals surface area contributed by atoms with Crippen molar-refractivity contribution >= 4 is 5.88 Å². The first-order valence-corrected chi connectivity index (χ1v) is 6.62. The zero-order valence-corrected chi connectivity index (χ0v) is 12.2. The predicted octanol–water partition coefficient (Wildman–Crippen LogP) is 3.00. The molecule has 0 bridgehead atoms. The van der Waals surface area contributed by atoms with E-state index in [9.17, 15) is 0 Å². The minimum absolute atomic E-state index is 0.260. The molecule has 0 unspecified atom stereocenters. The summed E-state index contributed by atoms with van der Waals surface area (Å²) < 4.78 is 15.7. The maximum atomic E-state index is 5.93. The first-order valence-electron chi connectivity index (χ1n) is 6.62. The van der Waals surface area contributed by atoms with Crippen LogP contribution in [0.1, 0.15) is 0 Å². The third kappa shape index (κ3) is 2.35. The lowest BCUT2D eigenvalue weighted by atomic mass is 10.0. The molecule has 0 aliphatic heterocycles. The lowest BCUT2D eigenvalue weighted by molar-refractivity contribution is 0.355. The molecule has 6 heteroatoms. The van der Waals surface area contributed by atoms with Crippen LogP contribution < -0.4 is 15.2 Å². The van der Waals surface area contributed by atoms with Gasteiger partial charge in [-0.2, -0.15) is 0 Å². The van der Waals surface area contributed by atoms with Gasteiger partial charge in [-0.25, -0.2) is 0 Å². The molecule has 0 atom stereocenters. The Morgan fingerprint density at radius 1 is 0.955 bits per heavy atom. The van der Waals surface area contributed by atoms with Gasteiger partial charge in [-0.3, -0.25) is 4.98 Å². The molecule has 112 valence electrons. The van der Waals surface area contributed by atoms with Crippen molar-refractivity contribution in [3.05, 3.63) is 42.7 Å². The lowest BCUT2D eigenvalue weighted by Crippen LogP contribution is -1.92. The number of benzene rings is 1. The van der Waals surface area contributed by atoms with Gasteiger partial charge in [0.2, 0.25) is 5.88 Å². The van der Waals surface area contributed by atoms with Gasteiger partial charge < -0.3 is 19.7 Å². The maximum absolute atomic E-state index is 5.93. The van der Waals surface area contributed by atoms with E-state index in [1.54, 1.807) is 26.6 Å². The molecule has 2 aromatic heterocycles. The van der Waals surface area contributed by atoms with Crippen molar-refractivity contribution in [1.29, 1.82) is 0 Å². The molecule has 3 aromatic rings. The molecule has 0 amide bonds. The van der Waals surface area contributed by atoms with Crippen molar-refractivity contribution in [2.45, 2.75) is 0 Å². The highest BCUT2D eigenvalue weighted by Gasteiger charge is 2.18. The van der Waals surface area contributed by atoms with Crippen LogP contribution in [0.15, 0.2) is 47.2 Å². The van der Waals surface area contributed by atoms with Crippen molar-refractivity contribution in [1.82, 2.24) is 10.1 Å². The molecular formula is C16H15N3O3. The zero-order valence-electron chi connectivity index (χ0n) is 12.2. The molecule has 2 N–H and O–H groups in total. The van der Waals surface area contributed by atoms with Gasteiger partial charge in [-0.05, 0) is 35.9 Å². The topological polar surface area (TPSA) is 83.4 Å². The fourth-order valence-electron chi connectivity index (χ4n) is 2.28. The Bertz CT molecular complexity index is 785. The number of nitrogens with zero attached hydrogens (tertiary/aromatic N) is 2. The van der Waals surface area contributed by atoms with Crippen molar-refractivity contribution in [2.75, 3.05) is 20.0 Å². The van der Waals surface area contributed by atoms with Gasteiger partial charge >= 0.3 is 0 Å². The lowest BCUT2D eigenvalue weighted by Gasteiger charge is -2.09. The Balaban J connectivity index is 2.14. The monoisotopic (exact) mass is 297 g/mol. The van der Waals surface area contributed by atoms with Crippen LogP contribution in [0.3, 0.4) is 0 Å². The van der Waals surface area contributed by atoms with Gasteiger partial charge in [0.15, 0.2) is 11.5 Å². The van der Waals surface area contributed by atoms with Crippen molar-refractivity contribution in [3.63, 3.8) is 0 Å². The van der Waals surface area contributed by atoms with Crippen LogP contribution in [0.2, 0.25) is 0 Å². The fraction of sp³-hybridized carbons (Fsp3) is 0.125. The number of hydrogen-bond acceptors (Lipinski definition) is 6. The van der Waals surface area contributed by atoms with E-state index in [-0.39, 0.29) is 5.88 Å². The molecule has 0 spiro atoms. The van der Waals surface area contributed by atoms with Gasteiger partial charge in [0, 0.05) is 18.0 Å². The van der Waals surface area contributed by atoms with Crippen molar-refractivity contribution in [2.24, 2.45) is 0 Å². The van der Waals surface area contributed by atoms with E-state index in [4.69, 9.17) is 19.7 Å². The van der Waals surface area contributed by atoms with Crippen molar-refractivity contribution < 1.29 is 14.0 Å². The summed E-state index contributed by atoms with van der Waals surface area (Å²) in [7, 11) is 3.18. The summed E-state index contributed by atoms with van der Waals surface area (Å²) in [5.74, 6) is 1.52. The molecule has 0 aliphatic carbocycles. The van der Waals surface area contributed by atoms with E-state index >= 15 is 0 Å². The summed E-state index contributed by atoms with van der Waals surface area (Å²) in [5.41, 5.74) is 9.02. The Kier molecular flexibility index (Phi) is 3.65. The smallest absolute Gasteiger partial charge is 0.230 e. The number of hydrogen-bond donors (Lipinski definition) is 1. The fourth-order valence-corrected chi connectivity index (χ4v) is 2.28. The summed E-state index contributed by atoms with van der Waals surface area (Å²) in [6.45, 7) is 0. The quantitative estimate of drug-likeness (QED) is 0.797. The van der Waals surface area contributed by atoms with Crippen LogP contribution in [-0.4, -0.2) is 24.4 Å². The molecule has 0 saturated heterocycles. The standard InChI is InChI=1S/C16H15N3O3/c1-20-12-4-3-11(9-13(12)21-2)15-14(16(17)22-19-15)10-5-7-18-8-6-10/h3-9H,17H2,1-2H3. The number of nitrogens with two attached hydrogens (primary N) is 1. The van der Waals surface area contributed by atoms with E-state index < -0.39 is 0 Å². The minimum atomic E-state index is 0.260. The van der Waals surface area contributed by atoms with Crippen LogP contribution in [0.25, 0.3) is 22.4 Å². The number of pyridine rings is 1. The number of methoxy groups -OCH3 is 2. The van der Waals surface area contributed by atoms with Gasteiger partial charge in [-0.15, -0.1) is 0 Å². The highest BCUT2D eigenvalue weighted by Crippen LogP contribution is 2.39. The molecule has 0 aliphatic rings. The average Bonchev–Trinajstić information content (AvgIpc) is 2.96. The summed E-state index contributed by atoms with van der Waals surface area (Å²) in [6.07, 6.45) is 3.39. The van der Waals surface area contributed by atoms with Crippen LogP contribution >= 0.6 is 0 Å². The normalized spacial score (nSPS) is 10.5. The second-order valence-corrected chi connectivity index (χ2v) is 4.58. The Morgan fingerprint density at radius 3 is 2.36 bits per heavy atom. The first kappa shape index (κ1) is 13.9. The Morgan fingerprint density at radius 2 is 1.68 bits per heavy atom. The predicted molar refractivity (Wildman–Crippen MR) is 82.7 cm³/mol. The average molecular weight is 297 g/mol. The molecule has 2 heterocycles. The summed E-state index contributed by atoms with van der Waals surface area (Å²) in [4.78, 5) is 4.01. The second kappa shape index (κ2) is 5.77. The van der Waals surface area contributed by atoms with E-state index in [1.165, 1.54) is 0 Å². The van der Waals surface area contributed by atoms with Crippen LogP contribution in [0.5, 0.6) is 11.5 Å². The summed E-state index contributed by atoms with van der Waals surface area (Å²) >= 11 is 0. The molecule has 22 heavy (non-hydrogen) atoms. The first-order chi connectivity index (χ1) is 10.7. The Labute approximate surface area is 127 Å². The van der Waals surface area contributed by atoms with Crippen LogP contribution in [0, 0.1) is 0 Å². The van der Waals surface area contributed by atoms with Gasteiger partial charge in [-0.1, -0.05) is 5.16 Å². The third-order valence-electron chi connectivity index (χ3n) is 3.34. The minimum Gasteiger partial charge on any atom is -0.493 e. The van der Waals surface area contributed by atoms with E-state index in [1.807, 2.05) is 30.3 Å². The molecule has 0 saturated carbocycles. The molecule has 6 nitrogen and oxygen atoms in total. The van der Waals surface area contributed by atoms with Crippen LogP contribution in [-0.2, 0) is 0 Å². The second-order valence-electron chi connectivity index (χ2n) is 4.58. The molecular weight excluding hydrogens is 282 g/mol. The summed E-state index contributed by atoms with van der Waals surface area (Å²) in [5, 5.41) is 4.08. The SMILES string of the molecule is COc1ccc(-c2noc(N)c2-c2ccncc2)cc1OC. The maximum Gasteiger partial charge on any atom is 0.230 e. The number of ether oxygens (including phenoxy) is 2. The molecule has 1 aromatic carbocycles. The highest BCUT2D eigenvalue weighted by molar-refractivity contribution is 5.87. The number of rotatable bonds is 4. The van der Waals surface area contributed by atoms with Crippen molar-refractivity contribution in [3.8, 4) is 33.9 Å². The van der Waals surface area contributed by atoms with Gasteiger partial charge in [0.1, 0.15) is 5.69 Å². The van der Waals surface area contributed by atoms with Crippen LogP contribution in [0.4, 0.5) is 5.88 Å². The number of anilines is 1.